The van der Waals surface area contributed by atoms with Crippen LogP contribution in [0.3, 0.4) is 0 Å². The van der Waals surface area contributed by atoms with Gasteiger partial charge in [0.05, 0.1) is 11.7 Å². The molecule has 1 spiro atoms. The third-order valence-corrected chi connectivity index (χ3v) is 3.09. The van der Waals surface area contributed by atoms with Crippen molar-refractivity contribution in [3.8, 4) is 0 Å². The van der Waals surface area contributed by atoms with Crippen LogP contribution in [-0.4, -0.2) is 24.8 Å². The minimum absolute atomic E-state index is 0.218. The average Bonchev–Trinajstić information content (AvgIpc) is 2.05. The highest BCUT2D eigenvalue weighted by Gasteiger charge is 2.36. The van der Waals surface area contributed by atoms with Crippen molar-refractivity contribution in [2.45, 2.75) is 50.7 Å². The highest BCUT2D eigenvalue weighted by molar-refractivity contribution is 4.90. The normalized spacial score (nSPS) is 35.2. The Morgan fingerprint density at radius 3 is 2.67 bits per heavy atom. The maximum atomic E-state index is 6.05. The van der Waals surface area contributed by atoms with E-state index in [1.165, 1.54) is 32.1 Å². The Bertz CT molecular complexity index is 146. The van der Waals surface area contributed by atoms with E-state index in [4.69, 9.17) is 4.74 Å². The van der Waals surface area contributed by atoms with Gasteiger partial charge in [-0.1, -0.05) is 19.3 Å². The molecule has 1 saturated carbocycles. The van der Waals surface area contributed by atoms with Crippen LogP contribution < -0.4 is 5.32 Å². The fourth-order valence-corrected chi connectivity index (χ4v) is 2.50. The molecule has 1 aliphatic carbocycles. The Labute approximate surface area is 74.7 Å². The molecule has 1 N–H and O–H groups in total. The zero-order chi connectivity index (χ0) is 8.44. The van der Waals surface area contributed by atoms with Gasteiger partial charge in [0.25, 0.3) is 0 Å². The molecule has 1 saturated heterocycles. The first-order valence-corrected chi connectivity index (χ1v) is 5.19. The van der Waals surface area contributed by atoms with Crippen LogP contribution in [-0.2, 0) is 4.74 Å². The Kier molecular flexibility index (Phi) is 2.37. The first kappa shape index (κ1) is 8.52. The van der Waals surface area contributed by atoms with Gasteiger partial charge in [0.1, 0.15) is 0 Å². The molecule has 0 radical (unpaired) electrons. The van der Waals surface area contributed by atoms with Gasteiger partial charge in [0.2, 0.25) is 0 Å². The van der Waals surface area contributed by atoms with Crippen molar-refractivity contribution in [2.24, 2.45) is 0 Å². The van der Waals surface area contributed by atoms with Crippen molar-refractivity contribution in [2.75, 3.05) is 13.1 Å². The zero-order valence-electron chi connectivity index (χ0n) is 7.94. The number of rotatable bonds is 0. The summed E-state index contributed by atoms with van der Waals surface area (Å²) in [7, 11) is 0. The van der Waals surface area contributed by atoms with Crippen molar-refractivity contribution in [3.63, 3.8) is 0 Å². The van der Waals surface area contributed by atoms with E-state index >= 15 is 0 Å². The van der Waals surface area contributed by atoms with Crippen LogP contribution >= 0.6 is 0 Å². The summed E-state index contributed by atoms with van der Waals surface area (Å²) in [5.74, 6) is 0. The third kappa shape index (κ3) is 1.64. The number of hydrogen-bond donors (Lipinski definition) is 1. The molecule has 2 aliphatic rings. The average molecular weight is 169 g/mol. The topological polar surface area (TPSA) is 21.3 Å². The number of morpholine rings is 1. The largest absolute Gasteiger partial charge is 0.369 e. The van der Waals surface area contributed by atoms with Crippen LogP contribution in [0.15, 0.2) is 0 Å². The fraction of sp³-hybridized carbons (Fsp3) is 1.00. The molecule has 2 rings (SSSR count). The van der Waals surface area contributed by atoms with Gasteiger partial charge in [-0.15, -0.1) is 0 Å². The van der Waals surface area contributed by atoms with Crippen LogP contribution in [0.4, 0.5) is 0 Å². The predicted molar refractivity (Wildman–Crippen MR) is 49.2 cm³/mol. The van der Waals surface area contributed by atoms with Gasteiger partial charge in [-0.2, -0.15) is 0 Å². The number of ether oxygens (including phenoxy) is 1. The summed E-state index contributed by atoms with van der Waals surface area (Å²) in [5, 5.41) is 3.47. The molecule has 0 bridgehead atoms. The highest BCUT2D eigenvalue weighted by atomic mass is 16.5. The van der Waals surface area contributed by atoms with Gasteiger partial charge in [-0.05, 0) is 19.8 Å². The summed E-state index contributed by atoms with van der Waals surface area (Å²) in [6, 6.07) is 0. The zero-order valence-corrected chi connectivity index (χ0v) is 7.94. The first-order chi connectivity index (χ1) is 5.81. The van der Waals surface area contributed by atoms with E-state index < -0.39 is 0 Å². The molecule has 0 aromatic rings. The Balaban J connectivity index is 1.97. The second kappa shape index (κ2) is 3.35. The predicted octanol–water partition coefficient (Wildman–Crippen LogP) is 1.70. The number of hydrogen-bond acceptors (Lipinski definition) is 2. The minimum atomic E-state index is 0.218. The van der Waals surface area contributed by atoms with Crippen molar-refractivity contribution < 1.29 is 4.74 Å². The second-order valence-electron chi connectivity index (χ2n) is 4.30. The summed E-state index contributed by atoms with van der Waals surface area (Å²) in [6.45, 7) is 4.28. The Morgan fingerprint density at radius 2 is 2.00 bits per heavy atom. The van der Waals surface area contributed by atoms with Gasteiger partial charge in [-0.25, -0.2) is 0 Å². The molecule has 0 aromatic carbocycles. The van der Waals surface area contributed by atoms with Crippen LogP contribution in [0.2, 0.25) is 0 Å². The summed E-state index contributed by atoms with van der Waals surface area (Å²) in [6.07, 6.45) is 7.06. The SMILES string of the molecule is C[C@@H]1CNCC2(CCCCC2)O1. The second-order valence-corrected chi connectivity index (χ2v) is 4.30. The van der Waals surface area contributed by atoms with Gasteiger partial charge in [-0.3, -0.25) is 0 Å². The van der Waals surface area contributed by atoms with Crippen molar-refractivity contribution in [1.29, 1.82) is 0 Å². The van der Waals surface area contributed by atoms with Crippen LogP contribution in [0, 0.1) is 0 Å². The lowest BCUT2D eigenvalue weighted by Crippen LogP contribution is -2.53. The molecular weight excluding hydrogens is 150 g/mol. The molecular formula is C10H19NO. The molecule has 2 fully saturated rings. The number of nitrogens with one attached hydrogen (secondary N) is 1. The molecule has 1 atom stereocenters. The van der Waals surface area contributed by atoms with E-state index in [0.29, 0.717) is 6.10 Å². The first-order valence-electron chi connectivity index (χ1n) is 5.19. The van der Waals surface area contributed by atoms with Crippen LogP contribution in [0.1, 0.15) is 39.0 Å². The van der Waals surface area contributed by atoms with Crippen molar-refractivity contribution in [3.05, 3.63) is 0 Å². The maximum absolute atomic E-state index is 6.05. The molecule has 1 heterocycles. The van der Waals surface area contributed by atoms with E-state index in [-0.39, 0.29) is 5.60 Å². The lowest BCUT2D eigenvalue weighted by atomic mass is 9.83. The van der Waals surface area contributed by atoms with E-state index in [0.717, 1.165) is 13.1 Å². The van der Waals surface area contributed by atoms with Gasteiger partial charge < -0.3 is 10.1 Å². The smallest absolute Gasteiger partial charge is 0.0810 e. The van der Waals surface area contributed by atoms with E-state index in [2.05, 4.69) is 12.2 Å². The molecule has 70 valence electrons. The van der Waals surface area contributed by atoms with Crippen LogP contribution in [0.25, 0.3) is 0 Å². The summed E-state index contributed by atoms with van der Waals surface area (Å²) >= 11 is 0. The maximum Gasteiger partial charge on any atom is 0.0810 e. The van der Waals surface area contributed by atoms with Gasteiger partial charge >= 0.3 is 0 Å². The monoisotopic (exact) mass is 169 g/mol. The summed E-state index contributed by atoms with van der Waals surface area (Å²) in [4.78, 5) is 0. The summed E-state index contributed by atoms with van der Waals surface area (Å²) in [5.41, 5.74) is 0.218. The molecule has 0 unspecified atom stereocenters. The highest BCUT2D eigenvalue weighted by Crippen LogP contribution is 2.33. The lowest BCUT2D eigenvalue weighted by Gasteiger charge is -2.43. The van der Waals surface area contributed by atoms with Gasteiger partial charge in [0, 0.05) is 13.1 Å². The molecule has 2 heteroatoms. The molecule has 2 nitrogen and oxygen atoms in total. The third-order valence-electron chi connectivity index (χ3n) is 3.09. The molecule has 0 amide bonds. The van der Waals surface area contributed by atoms with Crippen molar-refractivity contribution >= 4 is 0 Å². The van der Waals surface area contributed by atoms with Crippen LogP contribution in [0.5, 0.6) is 0 Å². The quantitative estimate of drug-likeness (QED) is 0.596. The summed E-state index contributed by atoms with van der Waals surface area (Å²) < 4.78 is 6.05. The Morgan fingerprint density at radius 1 is 1.25 bits per heavy atom. The Hall–Kier alpha value is -0.0800. The molecule has 12 heavy (non-hydrogen) atoms. The standard InChI is InChI=1S/C10H19NO/c1-9-7-11-8-10(12-9)5-3-2-4-6-10/h9,11H,2-8H2,1H3/t9-/m1/s1. The van der Waals surface area contributed by atoms with E-state index in [1.54, 1.807) is 0 Å². The van der Waals surface area contributed by atoms with E-state index in [9.17, 15) is 0 Å². The van der Waals surface area contributed by atoms with Crippen molar-refractivity contribution in [1.82, 2.24) is 5.32 Å². The fourth-order valence-electron chi connectivity index (χ4n) is 2.50. The molecule has 1 aliphatic heterocycles. The minimum Gasteiger partial charge on any atom is -0.369 e. The lowest BCUT2D eigenvalue weighted by molar-refractivity contribution is -0.126. The van der Waals surface area contributed by atoms with E-state index in [1.807, 2.05) is 0 Å². The molecule has 0 aromatic heterocycles. The van der Waals surface area contributed by atoms with Gasteiger partial charge in [0.15, 0.2) is 0 Å².